The fourth-order valence-corrected chi connectivity index (χ4v) is 5.03. The minimum Gasteiger partial charge on any atom is -0.490 e. The molecule has 10 nitrogen and oxygen atoms in total. The molecule has 2 unspecified atom stereocenters. The molecule has 1 N–H and O–H groups in total. The van der Waals surface area contributed by atoms with Gasteiger partial charge in [-0.2, -0.15) is 5.26 Å². The van der Waals surface area contributed by atoms with Crippen LogP contribution in [0.5, 0.6) is 5.75 Å². The molecule has 36 heavy (non-hydrogen) atoms. The van der Waals surface area contributed by atoms with Crippen molar-refractivity contribution in [2.75, 3.05) is 30.9 Å². The van der Waals surface area contributed by atoms with E-state index in [1.54, 1.807) is 48.5 Å². The van der Waals surface area contributed by atoms with Crippen LogP contribution in [0.2, 0.25) is 0 Å². The summed E-state index contributed by atoms with van der Waals surface area (Å²) in [6.07, 6.45) is 0.330. The lowest BCUT2D eigenvalue weighted by molar-refractivity contribution is -0.142. The molecule has 1 heterocycles. The zero-order valence-electron chi connectivity index (χ0n) is 20.2. The van der Waals surface area contributed by atoms with Crippen molar-refractivity contribution in [2.24, 2.45) is 0 Å². The molecule has 1 aliphatic rings. The Kier molecular flexibility index (Phi) is 9.27. The molecule has 0 saturated carbocycles. The van der Waals surface area contributed by atoms with Crippen LogP contribution >= 0.6 is 0 Å². The van der Waals surface area contributed by atoms with Gasteiger partial charge in [-0.15, -0.1) is 0 Å². The van der Waals surface area contributed by atoms with Gasteiger partial charge in [0.2, 0.25) is 10.0 Å². The Balaban J connectivity index is 1.56. The standard InChI is InChI=1S/C25H29N3O7S/c1-3-4-12-36(31,32)27-23(24(29)33-2)14-18-8-10-21(11-9-18)34-17-22-16-28(25(30)35-22)20-7-5-6-19(13-20)15-26/h5-11,13,22-23,27H,3-4,12,14,16-17H2,1-2H3. The molecule has 0 aromatic heterocycles. The SMILES string of the molecule is CCCCS(=O)(=O)NC(Cc1ccc(OCC2CN(c3cccc(C#N)c3)C(=O)O2)cc1)C(=O)OC. The molecule has 2 aromatic carbocycles. The van der Waals surface area contributed by atoms with E-state index in [-0.39, 0.29) is 25.3 Å². The molecule has 3 rings (SSSR count). The molecule has 1 saturated heterocycles. The van der Waals surface area contributed by atoms with Crippen LogP contribution < -0.4 is 14.4 Å². The van der Waals surface area contributed by atoms with E-state index in [0.29, 0.717) is 29.0 Å². The average Bonchev–Trinajstić information content (AvgIpc) is 3.26. The summed E-state index contributed by atoms with van der Waals surface area (Å²) in [6.45, 7) is 2.30. The summed E-state index contributed by atoms with van der Waals surface area (Å²) in [7, 11) is -2.40. The van der Waals surface area contributed by atoms with E-state index >= 15 is 0 Å². The number of rotatable bonds is 12. The molecule has 0 bridgehead atoms. The number of esters is 1. The second-order valence-electron chi connectivity index (χ2n) is 8.30. The summed E-state index contributed by atoms with van der Waals surface area (Å²) in [5.41, 5.74) is 1.74. The number of hydrogen-bond acceptors (Lipinski definition) is 8. The maximum Gasteiger partial charge on any atom is 0.414 e. The number of nitrogens with zero attached hydrogens (tertiary/aromatic N) is 2. The number of ether oxygens (including phenoxy) is 3. The third-order valence-corrected chi connectivity index (χ3v) is 7.00. The molecule has 1 fully saturated rings. The third-order valence-electron chi connectivity index (χ3n) is 5.53. The Bertz CT molecular complexity index is 1210. The summed E-state index contributed by atoms with van der Waals surface area (Å²) in [6, 6.07) is 14.6. The van der Waals surface area contributed by atoms with Crippen LogP contribution in [-0.4, -0.2) is 58.6 Å². The van der Waals surface area contributed by atoms with Gasteiger partial charge in [0, 0.05) is 5.69 Å². The second kappa shape index (κ2) is 12.4. The quantitative estimate of drug-likeness (QED) is 0.426. The molecule has 0 aliphatic carbocycles. The lowest BCUT2D eigenvalue weighted by Crippen LogP contribution is -2.43. The number of methoxy groups -OCH3 is 1. The lowest BCUT2D eigenvalue weighted by Gasteiger charge is -2.17. The molecule has 1 amide bonds. The number of nitrogens with one attached hydrogen (secondary N) is 1. The highest BCUT2D eigenvalue weighted by Crippen LogP contribution is 2.23. The number of hydrogen-bond donors (Lipinski definition) is 1. The van der Waals surface area contributed by atoms with Crippen LogP contribution in [0.25, 0.3) is 0 Å². The molecular weight excluding hydrogens is 486 g/mol. The van der Waals surface area contributed by atoms with E-state index in [0.717, 1.165) is 6.42 Å². The highest BCUT2D eigenvalue weighted by molar-refractivity contribution is 7.89. The molecular formula is C25H29N3O7S. The summed E-state index contributed by atoms with van der Waals surface area (Å²) in [4.78, 5) is 25.9. The van der Waals surface area contributed by atoms with Gasteiger partial charge in [0.25, 0.3) is 0 Å². The number of amides is 1. The Morgan fingerprint density at radius 1 is 1.28 bits per heavy atom. The zero-order valence-corrected chi connectivity index (χ0v) is 21.0. The van der Waals surface area contributed by atoms with Crippen molar-refractivity contribution < 1.29 is 32.2 Å². The van der Waals surface area contributed by atoms with E-state index < -0.39 is 34.2 Å². The first-order valence-electron chi connectivity index (χ1n) is 11.5. The predicted octanol–water partition coefficient (Wildman–Crippen LogP) is 2.77. The van der Waals surface area contributed by atoms with Gasteiger partial charge in [-0.05, 0) is 48.7 Å². The van der Waals surface area contributed by atoms with Crippen LogP contribution in [0.4, 0.5) is 10.5 Å². The molecule has 0 radical (unpaired) electrons. The second-order valence-corrected chi connectivity index (χ2v) is 10.2. The van der Waals surface area contributed by atoms with Crippen LogP contribution in [0.1, 0.15) is 30.9 Å². The fraction of sp³-hybridized carbons (Fsp3) is 0.400. The minimum atomic E-state index is -3.61. The van der Waals surface area contributed by atoms with Crippen LogP contribution in [0.3, 0.4) is 0 Å². The highest BCUT2D eigenvalue weighted by Gasteiger charge is 2.33. The van der Waals surface area contributed by atoms with Gasteiger partial charge in [0.1, 0.15) is 18.4 Å². The van der Waals surface area contributed by atoms with E-state index in [2.05, 4.69) is 4.72 Å². The fourth-order valence-electron chi connectivity index (χ4n) is 3.63. The van der Waals surface area contributed by atoms with Gasteiger partial charge in [0.05, 0.1) is 31.0 Å². The predicted molar refractivity (Wildman–Crippen MR) is 132 cm³/mol. The van der Waals surface area contributed by atoms with Crippen molar-refractivity contribution in [3.63, 3.8) is 0 Å². The van der Waals surface area contributed by atoms with Crippen LogP contribution in [-0.2, 0) is 30.7 Å². The van der Waals surface area contributed by atoms with E-state index in [1.807, 2.05) is 13.0 Å². The summed E-state index contributed by atoms with van der Waals surface area (Å²) in [5.74, 6) is -0.197. The van der Waals surface area contributed by atoms with Crippen molar-refractivity contribution in [3.8, 4) is 11.8 Å². The number of anilines is 1. The van der Waals surface area contributed by atoms with E-state index in [4.69, 9.17) is 19.5 Å². The Morgan fingerprint density at radius 2 is 2.03 bits per heavy atom. The first-order chi connectivity index (χ1) is 17.2. The summed E-state index contributed by atoms with van der Waals surface area (Å²) < 4.78 is 42.8. The summed E-state index contributed by atoms with van der Waals surface area (Å²) in [5, 5.41) is 9.06. The van der Waals surface area contributed by atoms with Gasteiger partial charge in [0.15, 0.2) is 6.10 Å². The van der Waals surface area contributed by atoms with Gasteiger partial charge in [-0.25, -0.2) is 17.9 Å². The number of benzene rings is 2. The highest BCUT2D eigenvalue weighted by atomic mass is 32.2. The minimum absolute atomic E-state index is 0.0588. The molecule has 11 heteroatoms. The van der Waals surface area contributed by atoms with E-state index in [1.165, 1.54) is 12.0 Å². The number of carbonyl (C=O) groups is 2. The average molecular weight is 516 g/mol. The van der Waals surface area contributed by atoms with Crippen molar-refractivity contribution >= 4 is 27.8 Å². The van der Waals surface area contributed by atoms with Crippen molar-refractivity contribution in [1.82, 2.24) is 4.72 Å². The maximum absolute atomic E-state index is 12.3. The van der Waals surface area contributed by atoms with Gasteiger partial charge >= 0.3 is 12.1 Å². The molecule has 1 aliphatic heterocycles. The topological polar surface area (TPSA) is 135 Å². The van der Waals surface area contributed by atoms with Gasteiger partial charge < -0.3 is 14.2 Å². The van der Waals surface area contributed by atoms with Gasteiger partial charge in [-0.3, -0.25) is 9.69 Å². The smallest absolute Gasteiger partial charge is 0.414 e. The van der Waals surface area contributed by atoms with E-state index in [9.17, 15) is 18.0 Å². The number of unbranched alkanes of at least 4 members (excludes halogenated alkanes) is 1. The van der Waals surface area contributed by atoms with Crippen molar-refractivity contribution in [1.29, 1.82) is 5.26 Å². The number of nitriles is 1. The van der Waals surface area contributed by atoms with Crippen LogP contribution in [0, 0.1) is 11.3 Å². The molecule has 2 aromatic rings. The Morgan fingerprint density at radius 3 is 2.69 bits per heavy atom. The number of carbonyl (C=O) groups excluding carboxylic acids is 2. The normalized spacial score (nSPS) is 16.2. The molecule has 0 spiro atoms. The first kappa shape index (κ1) is 27.0. The van der Waals surface area contributed by atoms with Crippen molar-refractivity contribution in [3.05, 3.63) is 59.7 Å². The Labute approximate surface area is 210 Å². The Hall–Kier alpha value is -3.62. The molecule has 192 valence electrons. The maximum atomic E-state index is 12.3. The number of cyclic esters (lactones) is 1. The zero-order chi connectivity index (χ0) is 26.1. The molecule has 2 atom stereocenters. The lowest BCUT2D eigenvalue weighted by atomic mass is 10.1. The van der Waals surface area contributed by atoms with Crippen molar-refractivity contribution in [2.45, 2.75) is 38.3 Å². The largest absolute Gasteiger partial charge is 0.490 e. The monoisotopic (exact) mass is 515 g/mol. The first-order valence-corrected chi connectivity index (χ1v) is 13.2. The number of sulfonamides is 1. The van der Waals surface area contributed by atoms with Crippen LogP contribution in [0.15, 0.2) is 48.5 Å². The van der Waals surface area contributed by atoms with Gasteiger partial charge in [-0.1, -0.05) is 31.5 Å². The third kappa shape index (κ3) is 7.44. The summed E-state index contributed by atoms with van der Waals surface area (Å²) >= 11 is 0.